The van der Waals surface area contributed by atoms with E-state index in [1.807, 2.05) is 85.1 Å². The van der Waals surface area contributed by atoms with Crippen LogP contribution < -0.4 is 0 Å². The van der Waals surface area contributed by atoms with E-state index in [2.05, 4.69) is 269 Å². The SMILES string of the molecule is CC(C)C1=NC(C(C)C)=NC1.CC(C)c1cn(C(C)C)nn1.CC(C)c1cn(C(C)C)nn1.CC(C)c1cnn(C(C)C)c1.CC(C)c1cnn(C(C)C)c1.CC(C)c1nnc(C(C)C)o1.CC(C)c1nnc(C(C)C)s1.CC(C)c1nnn(C(C)C)n1.[B].[B].[B].[B].[B].[B].[B].[B]. The summed E-state index contributed by atoms with van der Waals surface area (Å²) in [6.07, 6.45) is 12.2. The predicted molar refractivity (Wildman–Crippen MR) is 411 cm³/mol. The lowest BCUT2D eigenvalue weighted by molar-refractivity contribution is 0.417. The molecule has 0 fully saturated rings. The highest BCUT2D eigenvalue weighted by molar-refractivity contribution is 7.11. The Morgan fingerprint density at radius 1 is 0.344 bits per heavy atom. The summed E-state index contributed by atoms with van der Waals surface area (Å²) in [5.74, 6) is 8.50. The van der Waals surface area contributed by atoms with Crippen molar-refractivity contribution in [3.8, 4) is 0 Å². The van der Waals surface area contributed by atoms with Crippen molar-refractivity contribution in [2.45, 2.75) is 305 Å². The Labute approximate surface area is 602 Å². The Morgan fingerprint density at radius 2 is 0.708 bits per heavy atom. The maximum atomic E-state index is 5.38. The molecule has 0 aliphatic carbocycles. The second-order valence-electron chi connectivity index (χ2n) is 27.1. The lowest BCUT2D eigenvalue weighted by Gasteiger charge is -2.03. The van der Waals surface area contributed by atoms with Gasteiger partial charge in [0.05, 0.1) is 36.4 Å². The zero-order valence-corrected chi connectivity index (χ0v) is 66.1. The second-order valence-corrected chi connectivity index (χ2v) is 28.2. The summed E-state index contributed by atoms with van der Waals surface area (Å²) in [4.78, 5) is 10.4. The van der Waals surface area contributed by atoms with Gasteiger partial charge in [0.1, 0.15) is 15.9 Å². The Hall–Kier alpha value is -5.67. The molecule has 8 heterocycles. The van der Waals surface area contributed by atoms with Crippen LogP contribution in [0.15, 0.2) is 51.6 Å². The van der Waals surface area contributed by atoms with E-state index in [1.54, 1.807) is 16.1 Å². The van der Waals surface area contributed by atoms with Crippen molar-refractivity contribution in [3.63, 3.8) is 0 Å². The number of nitrogens with zero attached hydrogens (tertiary/aromatic N) is 20. The van der Waals surface area contributed by atoms with Gasteiger partial charge < -0.3 is 4.42 Å². The fourth-order valence-corrected chi connectivity index (χ4v) is 7.45. The van der Waals surface area contributed by atoms with E-state index < -0.39 is 0 Å². The maximum Gasteiger partial charge on any atom is 0.219 e. The summed E-state index contributed by atoms with van der Waals surface area (Å²) < 4.78 is 13.1. The van der Waals surface area contributed by atoms with Crippen molar-refractivity contribution in [1.29, 1.82) is 0 Å². The van der Waals surface area contributed by atoms with Crippen LogP contribution in [0.5, 0.6) is 0 Å². The van der Waals surface area contributed by atoms with E-state index in [-0.39, 0.29) is 67.3 Å². The van der Waals surface area contributed by atoms with Gasteiger partial charge in [0.2, 0.25) is 11.8 Å². The molecule has 1 aliphatic rings. The van der Waals surface area contributed by atoms with Crippen LogP contribution in [0.2, 0.25) is 0 Å². The van der Waals surface area contributed by atoms with E-state index in [4.69, 9.17) is 4.42 Å². The van der Waals surface area contributed by atoms with Crippen molar-refractivity contribution >= 4 is 90.2 Å². The molecule has 8 rings (SSSR count). The molecule has 0 unspecified atom stereocenters. The molecule has 96 heavy (non-hydrogen) atoms. The van der Waals surface area contributed by atoms with Crippen molar-refractivity contribution in [3.05, 3.63) is 87.3 Å². The number of amidine groups is 1. The third-order valence-corrected chi connectivity index (χ3v) is 14.6. The van der Waals surface area contributed by atoms with Crippen molar-refractivity contribution < 1.29 is 4.42 Å². The first-order chi connectivity index (χ1) is 40.9. The van der Waals surface area contributed by atoms with Gasteiger partial charge in [0.15, 0.2) is 5.82 Å². The summed E-state index contributed by atoms with van der Waals surface area (Å²) >= 11 is 1.73. The molecule has 0 spiro atoms. The highest BCUT2D eigenvalue weighted by Gasteiger charge is 2.16. The molecule has 0 aromatic carbocycles. The van der Waals surface area contributed by atoms with Gasteiger partial charge in [-0.25, -0.2) is 14.4 Å². The molecule has 520 valence electrons. The van der Waals surface area contributed by atoms with Gasteiger partial charge in [-0.1, -0.05) is 163 Å². The molecule has 21 nitrogen and oxygen atoms in total. The first-order valence-electron chi connectivity index (χ1n) is 32.4. The zero-order valence-electron chi connectivity index (χ0n) is 65.3. The van der Waals surface area contributed by atoms with E-state index in [9.17, 15) is 0 Å². The van der Waals surface area contributed by atoms with Crippen LogP contribution in [-0.2, 0) is 0 Å². The monoisotopic (exact) mass is 1330 g/mol. The summed E-state index contributed by atoms with van der Waals surface area (Å²) in [5.41, 5.74) is 6.00. The summed E-state index contributed by atoms with van der Waals surface area (Å²) in [6, 6.07) is 2.07. The lowest BCUT2D eigenvalue weighted by Crippen LogP contribution is -2.08. The second kappa shape index (κ2) is 53.3. The largest absolute Gasteiger partial charge is 0.425 e. The van der Waals surface area contributed by atoms with Crippen molar-refractivity contribution in [1.82, 2.24) is 90.2 Å². The summed E-state index contributed by atoms with van der Waals surface area (Å²) in [7, 11) is 0. The summed E-state index contributed by atoms with van der Waals surface area (Å²) in [5, 5.41) is 55.0. The molecule has 7 aromatic rings. The zero-order chi connectivity index (χ0) is 67.4. The molecule has 0 atom stereocenters. The molecule has 0 amide bonds. The highest BCUT2D eigenvalue weighted by atomic mass is 32.1. The van der Waals surface area contributed by atoms with E-state index >= 15 is 0 Å². The van der Waals surface area contributed by atoms with Crippen LogP contribution in [-0.4, -0.2) is 176 Å². The predicted octanol–water partition coefficient (Wildman–Crippen LogP) is 14.7. The molecule has 30 heteroatoms. The molecule has 0 saturated carbocycles. The van der Waals surface area contributed by atoms with Gasteiger partial charge in [0.25, 0.3) is 0 Å². The number of aliphatic imine (C=N–C) groups is 2. The average Bonchev–Trinajstić information content (AvgIpc) is 2.14. The van der Waals surface area contributed by atoms with E-state index in [1.165, 1.54) is 16.8 Å². The van der Waals surface area contributed by atoms with Crippen LogP contribution in [0.4, 0.5) is 0 Å². The van der Waals surface area contributed by atoms with Crippen molar-refractivity contribution in [2.24, 2.45) is 21.8 Å². The molecule has 0 bridgehead atoms. The molecule has 7 aromatic heterocycles. The standard InChI is InChI=1S/3C9H16N2.2C8H15N3.C8H14N2O.C8H14N2S.C7H14N4.8B/c2*1-7(2)9-5-10-11(6-9)8(3)4;1-6(2)8-5-10-9(11-8)7(3)4;2*1-6(2)8-5-11(7(3)4)10-9-8;2*1-5(2)7-9-10-8(11-7)6(3)4;1-5(2)7-8-10-11(9-7)6(3)4;;;;;;;;/h2*5-8H,1-4H3;6-7H,5H2,1-4H3;2*5-7H,1-4H3;3*5-6H,1-4H3;;;;;;;;. The van der Waals surface area contributed by atoms with Crippen LogP contribution in [0, 0.1) is 11.8 Å². The van der Waals surface area contributed by atoms with Crippen LogP contribution in [0.3, 0.4) is 0 Å². The first kappa shape index (κ1) is 106. The minimum Gasteiger partial charge on any atom is -0.425 e. The smallest absolute Gasteiger partial charge is 0.219 e. The number of tetrazole rings is 1. The van der Waals surface area contributed by atoms with Gasteiger partial charge in [-0.05, 0) is 115 Å². The van der Waals surface area contributed by atoms with Gasteiger partial charge in [-0.3, -0.25) is 14.4 Å². The van der Waals surface area contributed by atoms with Gasteiger partial charge >= 0.3 is 0 Å². The minimum absolute atomic E-state index is 0. The Bertz CT molecular complexity index is 2370. The molecule has 0 saturated heterocycles. The first-order valence-corrected chi connectivity index (χ1v) is 33.2. The van der Waals surface area contributed by atoms with Crippen LogP contribution in [0.25, 0.3) is 0 Å². The Balaban J connectivity index is -0.000000152. The topological polar surface area (TPSA) is 230 Å². The Kier molecular flexibility index (Phi) is 59.1. The van der Waals surface area contributed by atoms with Crippen LogP contribution >= 0.6 is 11.3 Å². The fourth-order valence-electron chi connectivity index (χ4n) is 6.60. The number of rotatable bonds is 16. The van der Waals surface area contributed by atoms with Gasteiger partial charge in [0, 0.05) is 157 Å². The number of hydrogen-bond acceptors (Lipinski definition) is 17. The molecule has 24 radical (unpaired) electrons. The number of hydrogen-bond donors (Lipinski definition) is 0. The Morgan fingerprint density at radius 3 is 0.875 bits per heavy atom. The summed E-state index contributed by atoms with van der Waals surface area (Å²) in [6.45, 7) is 68.5. The van der Waals surface area contributed by atoms with E-state index in [0.717, 1.165) is 51.4 Å². The van der Waals surface area contributed by atoms with Crippen LogP contribution in [0.1, 0.15) is 355 Å². The van der Waals surface area contributed by atoms with E-state index in [0.29, 0.717) is 95.3 Å². The van der Waals surface area contributed by atoms with Gasteiger partial charge in [-0.15, -0.1) is 52.1 Å². The average molecular weight is 1330 g/mol. The number of aromatic nitrogens is 18. The quantitative estimate of drug-likeness (QED) is 0.0820. The molecular weight excluding hydrogens is 1210 g/mol. The highest BCUT2D eigenvalue weighted by Crippen LogP contribution is 2.24. The normalized spacial score (nSPS) is 11.2. The molecular formula is C66H120B8N20OS. The maximum absolute atomic E-state index is 5.38. The lowest BCUT2D eigenvalue weighted by atomic mass is 10.1. The van der Waals surface area contributed by atoms with Crippen molar-refractivity contribution in [2.75, 3.05) is 6.54 Å². The minimum atomic E-state index is 0. The fraction of sp³-hybridized carbons (Fsp3) is 0.742. The molecule has 0 N–H and O–H groups in total. The third kappa shape index (κ3) is 39.7. The molecule has 1 aliphatic heterocycles. The third-order valence-electron chi connectivity index (χ3n) is 13.1. The van der Waals surface area contributed by atoms with Gasteiger partial charge in [-0.2, -0.15) is 15.0 Å².